The van der Waals surface area contributed by atoms with Gasteiger partial charge in [0.25, 0.3) is 0 Å². The number of hydrogen-bond acceptors (Lipinski definition) is 4. The molecule has 0 spiro atoms. The van der Waals surface area contributed by atoms with E-state index in [0.717, 1.165) is 39.8 Å². The first-order valence-corrected chi connectivity index (χ1v) is 11.5. The lowest BCUT2D eigenvalue weighted by Gasteiger charge is -2.26. The van der Waals surface area contributed by atoms with Gasteiger partial charge in [-0.05, 0) is 66.9 Å². The van der Waals surface area contributed by atoms with Gasteiger partial charge in [0.2, 0.25) is 0 Å². The molecule has 4 aromatic carbocycles. The molecule has 0 N–H and O–H groups in total. The van der Waals surface area contributed by atoms with Gasteiger partial charge in [-0.15, -0.1) is 0 Å². The van der Waals surface area contributed by atoms with E-state index in [4.69, 9.17) is 9.47 Å². The molecule has 0 radical (unpaired) electrons. The first-order valence-electron chi connectivity index (χ1n) is 11.5. The van der Waals surface area contributed by atoms with Gasteiger partial charge in [-0.25, -0.2) is 4.79 Å². The molecule has 0 saturated heterocycles. The van der Waals surface area contributed by atoms with Crippen LogP contribution in [0, 0.1) is 13.8 Å². The first-order chi connectivity index (χ1) is 17.0. The Kier molecular flexibility index (Phi) is 7.76. The van der Waals surface area contributed by atoms with Crippen molar-refractivity contribution < 1.29 is 14.3 Å². The fraction of sp³-hybridized carbons (Fsp3) is 0.129. The van der Waals surface area contributed by atoms with Crippen LogP contribution >= 0.6 is 0 Å². The van der Waals surface area contributed by atoms with Crippen LogP contribution in [0.5, 0.6) is 0 Å². The van der Waals surface area contributed by atoms with Gasteiger partial charge < -0.3 is 14.4 Å². The number of esters is 1. The maximum Gasteiger partial charge on any atom is 0.332 e. The smallest absolute Gasteiger partial charge is 0.332 e. The van der Waals surface area contributed by atoms with Crippen molar-refractivity contribution in [3.8, 4) is 11.1 Å². The summed E-state index contributed by atoms with van der Waals surface area (Å²) in [4.78, 5) is 13.3. The van der Waals surface area contributed by atoms with Crippen molar-refractivity contribution in [2.75, 3.05) is 11.7 Å². The summed E-state index contributed by atoms with van der Waals surface area (Å²) < 4.78 is 10.2. The van der Waals surface area contributed by atoms with E-state index in [1.165, 1.54) is 11.1 Å². The number of ether oxygens (including phenoxy) is 2. The molecule has 0 amide bonds. The molecule has 0 bridgehead atoms. The Labute approximate surface area is 207 Å². The maximum atomic E-state index is 11.1. The number of benzene rings is 4. The third-order valence-electron chi connectivity index (χ3n) is 5.72. The summed E-state index contributed by atoms with van der Waals surface area (Å²) in [5.74, 6) is -0.493. The van der Waals surface area contributed by atoms with Crippen LogP contribution in [-0.4, -0.2) is 12.8 Å². The Hall–Kier alpha value is -4.15. The Balaban J connectivity index is 1.51. The lowest BCUT2D eigenvalue weighted by atomic mass is 10.0. The lowest BCUT2D eigenvalue weighted by Crippen LogP contribution is -2.09. The maximum absolute atomic E-state index is 11.1. The van der Waals surface area contributed by atoms with Crippen molar-refractivity contribution in [2.24, 2.45) is 0 Å². The Morgan fingerprint density at radius 1 is 0.714 bits per heavy atom. The average molecular weight is 464 g/mol. The van der Waals surface area contributed by atoms with Crippen LogP contribution in [0.15, 0.2) is 110 Å². The summed E-state index contributed by atoms with van der Waals surface area (Å²) in [6.07, 6.45) is 1.12. The minimum atomic E-state index is -0.493. The van der Waals surface area contributed by atoms with E-state index in [2.05, 4.69) is 110 Å². The molecule has 0 aliphatic rings. The van der Waals surface area contributed by atoms with E-state index < -0.39 is 5.97 Å². The van der Waals surface area contributed by atoms with E-state index in [-0.39, 0.29) is 6.79 Å². The van der Waals surface area contributed by atoms with Crippen LogP contribution < -0.4 is 4.90 Å². The molecule has 4 rings (SSSR count). The highest BCUT2D eigenvalue weighted by molar-refractivity contribution is 5.81. The molecule has 0 heterocycles. The van der Waals surface area contributed by atoms with Gasteiger partial charge in [-0.2, -0.15) is 0 Å². The highest BCUT2D eigenvalue weighted by atomic mass is 16.7. The molecule has 0 fully saturated rings. The van der Waals surface area contributed by atoms with E-state index >= 15 is 0 Å². The standard InChI is InChI=1S/C31H29NO3/c1-4-31(33)35-22-34-21-25-9-11-26(12-10-25)27-13-19-30(20-14-27)32(28-15-5-23(2)6-16-28)29-17-7-24(3)8-18-29/h4-20H,1,21-22H2,2-3H3. The molecule has 35 heavy (non-hydrogen) atoms. The van der Waals surface area contributed by atoms with E-state index in [0.29, 0.717) is 6.61 Å². The fourth-order valence-corrected chi connectivity index (χ4v) is 3.75. The largest absolute Gasteiger partial charge is 0.435 e. The van der Waals surface area contributed by atoms with Gasteiger partial charge in [0.15, 0.2) is 6.79 Å². The second-order valence-electron chi connectivity index (χ2n) is 8.38. The Bertz CT molecular complexity index is 1210. The van der Waals surface area contributed by atoms with Crippen LogP contribution in [0.4, 0.5) is 17.1 Å². The van der Waals surface area contributed by atoms with E-state index in [1.54, 1.807) is 0 Å². The van der Waals surface area contributed by atoms with Gasteiger partial charge in [0.05, 0.1) is 6.61 Å². The summed E-state index contributed by atoms with van der Waals surface area (Å²) >= 11 is 0. The van der Waals surface area contributed by atoms with Crippen molar-refractivity contribution >= 4 is 23.0 Å². The van der Waals surface area contributed by atoms with E-state index in [9.17, 15) is 4.79 Å². The van der Waals surface area contributed by atoms with Crippen molar-refractivity contribution in [3.63, 3.8) is 0 Å². The molecule has 176 valence electrons. The van der Waals surface area contributed by atoms with Crippen LogP contribution in [0.25, 0.3) is 11.1 Å². The molecule has 0 atom stereocenters. The molecule has 4 nitrogen and oxygen atoms in total. The number of aryl methyl sites for hydroxylation is 2. The summed E-state index contributed by atoms with van der Waals surface area (Å²) in [6, 6.07) is 33.9. The SMILES string of the molecule is C=CC(=O)OCOCc1ccc(-c2ccc(N(c3ccc(C)cc3)c3ccc(C)cc3)cc2)cc1. The van der Waals surface area contributed by atoms with Gasteiger partial charge in [0, 0.05) is 23.1 Å². The third-order valence-corrected chi connectivity index (χ3v) is 5.72. The van der Waals surface area contributed by atoms with Crippen molar-refractivity contribution in [2.45, 2.75) is 20.5 Å². The number of hydrogen-bond donors (Lipinski definition) is 0. The Morgan fingerprint density at radius 3 is 1.60 bits per heavy atom. The molecular formula is C31H29NO3. The topological polar surface area (TPSA) is 38.8 Å². The molecule has 0 aliphatic carbocycles. The van der Waals surface area contributed by atoms with Crippen molar-refractivity contribution in [1.82, 2.24) is 0 Å². The normalized spacial score (nSPS) is 10.6. The molecule has 4 heteroatoms. The number of anilines is 3. The predicted molar refractivity (Wildman–Crippen MR) is 142 cm³/mol. The lowest BCUT2D eigenvalue weighted by molar-refractivity contribution is -0.151. The molecule has 0 aromatic heterocycles. The van der Waals surface area contributed by atoms with Crippen LogP contribution in [0.3, 0.4) is 0 Å². The van der Waals surface area contributed by atoms with Crippen LogP contribution in [0.1, 0.15) is 16.7 Å². The molecule has 0 unspecified atom stereocenters. The Morgan fingerprint density at radius 2 is 1.14 bits per heavy atom. The minimum Gasteiger partial charge on any atom is -0.435 e. The van der Waals surface area contributed by atoms with Crippen molar-refractivity contribution in [1.29, 1.82) is 0 Å². The van der Waals surface area contributed by atoms with Gasteiger partial charge in [-0.3, -0.25) is 0 Å². The van der Waals surface area contributed by atoms with Crippen LogP contribution in [0.2, 0.25) is 0 Å². The summed E-state index contributed by atoms with van der Waals surface area (Å²) in [6.45, 7) is 7.83. The average Bonchev–Trinajstić information content (AvgIpc) is 2.89. The van der Waals surface area contributed by atoms with Gasteiger partial charge in [-0.1, -0.05) is 78.4 Å². The zero-order valence-corrected chi connectivity index (χ0v) is 20.1. The monoisotopic (exact) mass is 463 g/mol. The zero-order chi connectivity index (χ0) is 24.6. The predicted octanol–water partition coefficient (Wildman–Crippen LogP) is 7.64. The third kappa shape index (κ3) is 6.25. The summed E-state index contributed by atoms with van der Waals surface area (Å²) in [7, 11) is 0. The van der Waals surface area contributed by atoms with Crippen LogP contribution in [-0.2, 0) is 20.9 Å². The molecule has 0 saturated carbocycles. The summed E-state index contributed by atoms with van der Waals surface area (Å²) in [5.41, 5.74) is 9.07. The second-order valence-corrected chi connectivity index (χ2v) is 8.38. The first kappa shape index (κ1) is 24.0. The van der Waals surface area contributed by atoms with Crippen molar-refractivity contribution in [3.05, 3.63) is 126 Å². The second kappa shape index (κ2) is 11.3. The zero-order valence-electron chi connectivity index (χ0n) is 20.1. The summed E-state index contributed by atoms with van der Waals surface area (Å²) in [5, 5.41) is 0. The quantitative estimate of drug-likeness (QED) is 0.111. The number of carbonyl (C=O) groups excluding carboxylic acids is 1. The fourth-order valence-electron chi connectivity index (χ4n) is 3.75. The molecule has 0 aliphatic heterocycles. The number of nitrogens with zero attached hydrogens (tertiary/aromatic N) is 1. The number of rotatable bonds is 9. The van der Waals surface area contributed by atoms with E-state index in [1.807, 2.05) is 12.1 Å². The van der Waals surface area contributed by atoms with Gasteiger partial charge in [0.1, 0.15) is 0 Å². The highest BCUT2D eigenvalue weighted by Gasteiger charge is 2.12. The molecular weight excluding hydrogens is 434 g/mol. The number of carbonyl (C=O) groups is 1. The highest BCUT2D eigenvalue weighted by Crippen LogP contribution is 2.35. The minimum absolute atomic E-state index is 0.0907. The molecule has 4 aromatic rings. The van der Waals surface area contributed by atoms with Gasteiger partial charge >= 0.3 is 5.97 Å².